The molecule has 2 heterocycles. The van der Waals surface area contributed by atoms with Gasteiger partial charge in [-0.15, -0.1) is 11.3 Å². The number of hydrogen-bond donors (Lipinski definition) is 0. The van der Waals surface area contributed by atoms with Crippen LogP contribution in [0.2, 0.25) is 0 Å². The number of rotatable bonds is 4. The second-order valence-corrected chi connectivity index (χ2v) is 6.21. The highest BCUT2D eigenvalue weighted by atomic mass is 32.1. The van der Waals surface area contributed by atoms with Gasteiger partial charge in [-0.2, -0.15) is 0 Å². The highest BCUT2D eigenvalue weighted by Gasteiger charge is 2.24. The summed E-state index contributed by atoms with van der Waals surface area (Å²) in [5.74, 6) is 1.53. The maximum atomic E-state index is 12.5. The van der Waals surface area contributed by atoms with E-state index in [-0.39, 0.29) is 18.0 Å². The van der Waals surface area contributed by atoms with Gasteiger partial charge in [-0.05, 0) is 46.8 Å². The van der Waals surface area contributed by atoms with Crippen LogP contribution in [0.1, 0.15) is 43.9 Å². The van der Waals surface area contributed by atoms with Gasteiger partial charge < -0.3 is 9.32 Å². The first-order chi connectivity index (χ1) is 9.40. The SMILES string of the molecule is Cc1ccc(-c2nc(C(=O)N(C(C)C)C(C)C)cs2)o1. The van der Waals surface area contributed by atoms with Crippen molar-refractivity contribution < 1.29 is 9.21 Å². The third-order valence-corrected chi connectivity index (χ3v) is 3.88. The lowest BCUT2D eigenvalue weighted by Gasteiger charge is -2.30. The summed E-state index contributed by atoms with van der Waals surface area (Å²) in [7, 11) is 0. The van der Waals surface area contributed by atoms with Crippen molar-refractivity contribution in [3.8, 4) is 10.8 Å². The molecule has 0 N–H and O–H groups in total. The Kier molecular flexibility index (Phi) is 4.28. The third-order valence-electron chi connectivity index (χ3n) is 3.02. The maximum absolute atomic E-state index is 12.5. The molecule has 0 aliphatic carbocycles. The predicted octanol–water partition coefficient (Wildman–Crippen LogP) is 3.97. The summed E-state index contributed by atoms with van der Waals surface area (Å²) in [6.45, 7) is 9.95. The van der Waals surface area contributed by atoms with E-state index in [1.54, 1.807) is 5.38 Å². The second kappa shape index (κ2) is 5.79. The average molecular weight is 292 g/mol. The Bertz CT molecular complexity index is 591. The largest absolute Gasteiger partial charge is 0.459 e. The Morgan fingerprint density at radius 1 is 1.25 bits per heavy atom. The number of hydrogen-bond acceptors (Lipinski definition) is 4. The number of aromatic nitrogens is 1. The molecule has 108 valence electrons. The van der Waals surface area contributed by atoms with Gasteiger partial charge in [0, 0.05) is 17.5 Å². The Morgan fingerprint density at radius 2 is 1.90 bits per heavy atom. The van der Waals surface area contributed by atoms with E-state index in [1.165, 1.54) is 11.3 Å². The zero-order valence-electron chi connectivity index (χ0n) is 12.5. The van der Waals surface area contributed by atoms with Crippen molar-refractivity contribution in [1.29, 1.82) is 0 Å². The van der Waals surface area contributed by atoms with Crippen LogP contribution in [0.5, 0.6) is 0 Å². The zero-order chi connectivity index (χ0) is 14.9. The first-order valence-corrected chi connectivity index (χ1v) is 7.63. The van der Waals surface area contributed by atoms with Crippen molar-refractivity contribution in [1.82, 2.24) is 9.88 Å². The molecule has 0 aromatic carbocycles. The fourth-order valence-electron chi connectivity index (χ4n) is 2.23. The topological polar surface area (TPSA) is 46.3 Å². The van der Waals surface area contributed by atoms with Crippen LogP contribution in [0.4, 0.5) is 0 Å². The van der Waals surface area contributed by atoms with Gasteiger partial charge in [0.05, 0.1) is 0 Å². The Hall–Kier alpha value is -1.62. The quantitative estimate of drug-likeness (QED) is 0.856. The van der Waals surface area contributed by atoms with Crippen molar-refractivity contribution >= 4 is 17.2 Å². The zero-order valence-corrected chi connectivity index (χ0v) is 13.3. The van der Waals surface area contributed by atoms with Crippen LogP contribution in [0.25, 0.3) is 10.8 Å². The van der Waals surface area contributed by atoms with Gasteiger partial charge in [0.1, 0.15) is 11.5 Å². The summed E-state index contributed by atoms with van der Waals surface area (Å²) in [5, 5.41) is 2.54. The van der Waals surface area contributed by atoms with E-state index in [2.05, 4.69) is 4.98 Å². The lowest BCUT2D eigenvalue weighted by molar-refractivity contribution is 0.0638. The molecule has 1 amide bonds. The molecule has 0 fully saturated rings. The monoisotopic (exact) mass is 292 g/mol. The van der Waals surface area contributed by atoms with E-state index in [1.807, 2.05) is 51.7 Å². The van der Waals surface area contributed by atoms with Gasteiger partial charge in [0.2, 0.25) is 0 Å². The average Bonchev–Trinajstić information content (AvgIpc) is 2.95. The molecule has 0 aliphatic rings. The molecular formula is C15H20N2O2S. The van der Waals surface area contributed by atoms with Crippen molar-refractivity contribution in [3.63, 3.8) is 0 Å². The molecule has 0 spiro atoms. The molecule has 0 saturated carbocycles. The van der Waals surface area contributed by atoms with E-state index in [0.29, 0.717) is 11.5 Å². The van der Waals surface area contributed by atoms with E-state index >= 15 is 0 Å². The highest BCUT2D eigenvalue weighted by Crippen LogP contribution is 2.26. The number of thiazole rings is 1. The number of furan rings is 1. The summed E-state index contributed by atoms with van der Waals surface area (Å²) in [5.41, 5.74) is 0.487. The maximum Gasteiger partial charge on any atom is 0.273 e. The summed E-state index contributed by atoms with van der Waals surface area (Å²) >= 11 is 1.43. The smallest absolute Gasteiger partial charge is 0.273 e. The number of carbonyl (C=O) groups is 1. The van der Waals surface area contributed by atoms with Crippen molar-refractivity contribution in [3.05, 3.63) is 29.0 Å². The molecular weight excluding hydrogens is 272 g/mol. The summed E-state index contributed by atoms with van der Waals surface area (Å²) in [4.78, 5) is 18.8. The van der Waals surface area contributed by atoms with Crippen LogP contribution in [-0.2, 0) is 0 Å². The van der Waals surface area contributed by atoms with Crippen molar-refractivity contribution in [2.45, 2.75) is 46.7 Å². The van der Waals surface area contributed by atoms with Crippen molar-refractivity contribution in [2.24, 2.45) is 0 Å². The minimum absolute atomic E-state index is 0.0271. The van der Waals surface area contributed by atoms with Crippen LogP contribution in [0.15, 0.2) is 21.9 Å². The standard InChI is InChI=1S/C15H20N2O2S/c1-9(2)17(10(3)4)15(18)12-8-20-14(16-12)13-7-6-11(5)19-13/h6-10H,1-5H3. The van der Waals surface area contributed by atoms with Gasteiger partial charge >= 0.3 is 0 Å². The summed E-state index contributed by atoms with van der Waals surface area (Å²) < 4.78 is 5.54. The highest BCUT2D eigenvalue weighted by molar-refractivity contribution is 7.13. The Morgan fingerprint density at radius 3 is 2.40 bits per heavy atom. The molecule has 0 aliphatic heterocycles. The molecule has 20 heavy (non-hydrogen) atoms. The van der Waals surface area contributed by atoms with Crippen LogP contribution in [0.3, 0.4) is 0 Å². The lowest BCUT2D eigenvalue weighted by Crippen LogP contribution is -2.42. The van der Waals surface area contributed by atoms with E-state index in [4.69, 9.17) is 4.42 Å². The molecule has 0 radical (unpaired) electrons. The van der Waals surface area contributed by atoms with Gasteiger partial charge in [-0.3, -0.25) is 4.79 Å². The van der Waals surface area contributed by atoms with E-state index in [9.17, 15) is 4.79 Å². The molecule has 0 unspecified atom stereocenters. The molecule has 0 bridgehead atoms. The minimum atomic E-state index is -0.0271. The van der Waals surface area contributed by atoms with Gasteiger partial charge in [-0.25, -0.2) is 4.98 Å². The van der Waals surface area contributed by atoms with Crippen molar-refractivity contribution in [2.75, 3.05) is 0 Å². The first-order valence-electron chi connectivity index (χ1n) is 6.75. The molecule has 4 nitrogen and oxygen atoms in total. The number of amides is 1. The number of carbonyl (C=O) groups excluding carboxylic acids is 1. The molecule has 0 atom stereocenters. The second-order valence-electron chi connectivity index (χ2n) is 5.35. The third kappa shape index (κ3) is 2.93. The predicted molar refractivity (Wildman–Crippen MR) is 81.0 cm³/mol. The van der Waals surface area contributed by atoms with Gasteiger partial charge in [0.15, 0.2) is 10.8 Å². The van der Waals surface area contributed by atoms with Gasteiger partial charge in [-0.1, -0.05) is 0 Å². The first kappa shape index (κ1) is 14.8. The number of aryl methyl sites for hydroxylation is 1. The van der Waals surface area contributed by atoms with Crippen LogP contribution in [-0.4, -0.2) is 27.9 Å². The Balaban J connectivity index is 2.26. The Labute approximate surface area is 123 Å². The molecule has 2 aromatic rings. The van der Waals surface area contributed by atoms with E-state index < -0.39 is 0 Å². The fourth-order valence-corrected chi connectivity index (χ4v) is 2.99. The summed E-state index contributed by atoms with van der Waals surface area (Å²) in [6, 6.07) is 4.08. The molecule has 2 rings (SSSR count). The van der Waals surface area contributed by atoms with Crippen LogP contribution >= 0.6 is 11.3 Å². The van der Waals surface area contributed by atoms with Gasteiger partial charge in [0.25, 0.3) is 5.91 Å². The normalized spacial score (nSPS) is 11.3. The molecule has 5 heteroatoms. The van der Waals surface area contributed by atoms with E-state index in [0.717, 1.165) is 10.8 Å². The fraction of sp³-hybridized carbons (Fsp3) is 0.467. The van der Waals surface area contributed by atoms with Crippen LogP contribution < -0.4 is 0 Å². The molecule has 0 saturated heterocycles. The minimum Gasteiger partial charge on any atom is -0.459 e. The molecule has 2 aromatic heterocycles. The number of nitrogens with zero attached hydrogens (tertiary/aromatic N) is 2. The summed E-state index contributed by atoms with van der Waals surface area (Å²) in [6.07, 6.45) is 0. The van der Waals surface area contributed by atoms with Crippen LogP contribution in [0, 0.1) is 6.92 Å². The lowest BCUT2D eigenvalue weighted by atomic mass is 10.2.